The van der Waals surface area contributed by atoms with Crippen molar-refractivity contribution in [2.45, 2.75) is 31.7 Å². The molecule has 1 aliphatic carbocycles. The number of carbonyl (C=O) groups is 1. The van der Waals surface area contributed by atoms with Crippen LogP contribution in [0.15, 0.2) is 4.99 Å². The van der Waals surface area contributed by atoms with Gasteiger partial charge in [-0.3, -0.25) is 4.99 Å². The highest BCUT2D eigenvalue weighted by Crippen LogP contribution is 2.33. The van der Waals surface area contributed by atoms with Crippen LogP contribution < -0.4 is 0 Å². The molecule has 0 spiro atoms. The quantitative estimate of drug-likeness (QED) is 0.612. The minimum atomic E-state index is -0.757. The molecule has 3 heteroatoms. The topological polar surface area (TPSA) is 49.7 Å². The second-order valence-electron chi connectivity index (χ2n) is 3.30. The van der Waals surface area contributed by atoms with E-state index in [2.05, 4.69) is 4.99 Å². The first-order valence-electron chi connectivity index (χ1n) is 4.07. The van der Waals surface area contributed by atoms with Crippen LogP contribution in [0.4, 0.5) is 0 Å². The van der Waals surface area contributed by atoms with Gasteiger partial charge in [-0.05, 0) is 31.6 Å². The summed E-state index contributed by atoms with van der Waals surface area (Å²) in [5, 5.41) is 8.66. The van der Waals surface area contributed by atoms with Crippen molar-refractivity contribution >= 4 is 11.7 Å². The zero-order valence-electron chi connectivity index (χ0n) is 6.29. The van der Waals surface area contributed by atoms with Gasteiger partial charge in [0, 0.05) is 5.71 Å². The summed E-state index contributed by atoms with van der Waals surface area (Å²) < 4.78 is 0. The molecule has 3 nitrogen and oxygen atoms in total. The van der Waals surface area contributed by atoms with Gasteiger partial charge in [-0.1, -0.05) is 0 Å². The Hall–Kier alpha value is -0.860. The van der Waals surface area contributed by atoms with Gasteiger partial charge in [0.15, 0.2) is 0 Å². The van der Waals surface area contributed by atoms with Gasteiger partial charge < -0.3 is 5.11 Å². The average molecular weight is 153 g/mol. The maximum atomic E-state index is 10.5. The van der Waals surface area contributed by atoms with Crippen LogP contribution in [0.3, 0.4) is 0 Å². The number of nitrogens with zero attached hydrogens (tertiary/aromatic N) is 1. The second kappa shape index (κ2) is 2.32. The highest BCUT2D eigenvalue weighted by molar-refractivity contribution is 5.93. The molecule has 11 heavy (non-hydrogen) atoms. The van der Waals surface area contributed by atoms with Crippen molar-refractivity contribution in [3.8, 4) is 0 Å². The molecule has 2 aliphatic rings. The summed E-state index contributed by atoms with van der Waals surface area (Å²) in [7, 11) is 0. The molecule has 0 bridgehead atoms. The van der Waals surface area contributed by atoms with E-state index in [1.165, 1.54) is 6.42 Å². The fraction of sp³-hybridized carbons (Fsp3) is 0.750. The number of hydrogen-bond donors (Lipinski definition) is 1. The molecule has 1 saturated carbocycles. The Bertz CT molecular complexity index is 222. The molecule has 1 N–H and O–H groups in total. The van der Waals surface area contributed by atoms with Gasteiger partial charge in [0.2, 0.25) is 0 Å². The van der Waals surface area contributed by atoms with E-state index in [1.807, 2.05) is 0 Å². The van der Waals surface area contributed by atoms with E-state index < -0.39 is 12.0 Å². The molecular weight excluding hydrogens is 142 g/mol. The lowest BCUT2D eigenvalue weighted by atomic mass is 10.0. The molecule has 2 atom stereocenters. The first kappa shape index (κ1) is 6.83. The van der Waals surface area contributed by atoms with Crippen molar-refractivity contribution in [2.75, 3.05) is 0 Å². The van der Waals surface area contributed by atoms with E-state index in [0.29, 0.717) is 5.92 Å². The van der Waals surface area contributed by atoms with E-state index in [4.69, 9.17) is 5.11 Å². The maximum Gasteiger partial charge on any atom is 0.328 e. The van der Waals surface area contributed by atoms with E-state index >= 15 is 0 Å². The van der Waals surface area contributed by atoms with Gasteiger partial charge >= 0.3 is 5.97 Å². The van der Waals surface area contributed by atoms with Gasteiger partial charge in [0.05, 0.1) is 0 Å². The number of aliphatic imine (C=N–C) groups is 1. The highest BCUT2D eigenvalue weighted by atomic mass is 16.4. The van der Waals surface area contributed by atoms with Gasteiger partial charge in [-0.15, -0.1) is 0 Å². The third-order valence-electron chi connectivity index (χ3n) is 2.57. The zero-order valence-corrected chi connectivity index (χ0v) is 6.29. The molecule has 1 heterocycles. The number of carboxylic acid groups (broad SMARTS) is 1. The van der Waals surface area contributed by atoms with Crippen LogP contribution in [0.1, 0.15) is 25.7 Å². The highest BCUT2D eigenvalue weighted by Gasteiger charge is 2.34. The van der Waals surface area contributed by atoms with E-state index in [0.717, 1.165) is 25.0 Å². The third kappa shape index (κ3) is 1.04. The van der Waals surface area contributed by atoms with Crippen molar-refractivity contribution in [3.05, 3.63) is 0 Å². The Labute approximate surface area is 65.1 Å². The third-order valence-corrected chi connectivity index (χ3v) is 2.57. The fourth-order valence-corrected chi connectivity index (χ4v) is 2.00. The van der Waals surface area contributed by atoms with Gasteiger partial charge in [-0.2, -0.15) is 0 Å². The molecule has 0 unspecified atom stereocenters. The summed E-state index contributed by atoms with van der Waals surface area (Å²) in [5.41, 5.74) is 1.16. The number of fused-ring (bicyclic) bond motifs is 1. The second-order valence-corrected chi connectivity index (χ2v) is 3.30. The summed E-state index contributed by atoms with van der Waals surface area (Å²) in [4.78, 5) is 14.7. The molecule has 0 amide bonds. The van der Waals surface area contributed by atoms with E-state index in [9.17, 15) is 4.79 Å². The standard InChI is InChI=1S/C8H11NO2/c10-8(11)7-4-5-2-1-3-6(5)9-7/h5,7H,1-4H2,(H,10,11)/t5-,7-/m0/s1. The Morgan fingerprint density at radius 3 is 3.09 bits per heavy atom. The number of hydrogen-bond acceptors (Lipinski definition) is 2. The zero-order chi connectivity index (χ0) is 7.84. The van der Waals surface area contributed by atoms with Gasteiger partial charge in [0.25, 0.3) is 0 Å². The predicted molar refractivity (Wildman–Crippen MR) is 40.8 cm³/mol. The van der Waals surface area contributed by atoms with Gasteiger partial charge in [0.1, 0.15) is 6.04 Å². The SMILES string of the molecule is O=C(O)[C@@H]1C[C@@H]2CCCC2=N1. The normalized spacial score (nSPS) is 35.1. The molecule has 2 rings (SSSR count). The molecule has 0 aromatic rings. The molecule has 1 aliphatic heterocycles. The molecule has 0 saturated heterocycles. The lowest BCUT2D eigenvalue weighted by Gasteiger charge is -2.01. The van der Waals surface area contributed by atoms with Gasteiger partial charge in [-0.25, -0.2) is 4.79 Å². The average Bonchev–Trinajstić information content (AvgIpc) is 2.40. The minimum absolute atomic E-state index is 0.421. The summed E-state index contributed by atoms with van der Waals surface area (Å²) >= 11 is 0. The van der Waals surface area contributed by atoms with Crippen molar-refractivity contribution in [2.24, 2.45) is 10.9 Å². The Morgan fingerprint density at radius 2 is 2.45 bits per heavy atom. The smallest absolute Gasteiger partial charge is 0.328 e. The van der Waals surface area contributed by atoms with Crippen molar-refractivity contribution in [1.82, 2.24) is 0 Å². The Morgan fingerprint density at radius 1 is 1.64 bits per heavy atom. The number of aliphatic carboxylic acids is 1. The van der Waals surface area contributed by atoms with E-state index in [1.54, 1.807) is 0 Å². The first-order valence-corrected chi connectivity index (χ1v) is 4.07. The number of rotatable bonds is 1. The van der Waals surface area contributed by atoms with Crippen LogP contribution in [0.25, 0.3) is 0 Å². The van der Waals surface area contributed by atoms with E-state index in [-0.39, 0.29) is 0 Å². The summed E-state index contributed by atoms with van der Waals surface area (Å²) in [6, 6.07) is -0.421. The van der Waals surface area contributed by atoms with Crippen molar-refractivity contribution < 1.29 is 9.90 Å². The predicted octanol–water partition coefficient (Wildman–Crippen LogP) is 1.08. The Balaban J connectivity index is 2.13. The molecule has 1 fully saturated rings. The fourth-order valence-electron chi connectivity index (χ4n) is 2.00. The van der Waals surface area contributed by atoms with Crippen LogP contribution in [0.2, 0.25) is 0 Å². The molecule has 0 radical (unpaired) electrons. The Kier molecular flexibility index (Phi) is 1.44. The lowest BCUT2D eigenvalue weighted by Crippen LogP contribution is -2.15. The van der Waals surface area contributed by atoms with Crippen LogP contribution in [-0.4, -0.2) is 22.8 Å². The van der Waals surface area contributed by atoms with Crippen LogP contribution >= 0.6 is 0 Å². The lowest BCUT2D eigenvalue weighted by molar-refractivity contribution is -0.138. The molecule has 0 aromatic heterocycles. The van der Waals surface area contributed by atoms with Crippen molar-refractivity contribution in [1.29, 1.82) is 0 Å². The van der Waals surface area contributed by atoms with Crippen molar-refractivity contribution in [3.63, 3.8) is 0 Å². The van der Waals surface area contributed by atoms with Crippen LogP contribution in [0, 0.1) is 5.92 Å². The minimum Gasteiger partial charge on any atom is -0.480 e. The van der Waals surface area contributed by atoms with Crippen LogP contribution in [-0.2, 0) is 4.79 Å². The summed E-state index contributed by atoms with van der Waals surface area (Å²) in [6.07, 6.45) is 4.15. The summed E-state index contributed by atoms with van der Waals surface area (Å²) in [5.74, 6) is -0.247. The molecule has 0 aromatic carbocycles. The molecular formula is C8H11NO2. The monoisotopic (exact) mass is 153 g/mol. The largest absolute Gasteiger partial charge is 0.480 e. The van der Waals surface area contributed by atoms with Crippen LogP contribution in [0.5, 0.6) is 0 Å². The first-order chi connectivity index (χ1) is 5.27. The number of carboxylic acids is 1. The maximum absolute atomic E-state index is 10.5. The molecule has 60 valence electrons. The summed E-state index contributed by atoms with van der Waals surface area (Å²) in [6.45, 7) is 0.